The molecule has 1 aliphatic rings. The van der Waals surface area contributed by atoms with Crippen molar-refractivity contribution in [3.8, 4) is 5.75 Å². The number of carbonyl (C=O) groups is 1. The number of carbonyl (C=O) groups excluding carboxylic acids is 1. The molecule has 1 aromatic carbocycles. The Labute approximate surface area is 161 Å². The number of amides is 1. The van der Waals surface area contributed by atoms with E-state index in [1.165, 1.54) is 11.3 Å². The van der Waals surface area contributed by atoms with Gasteiger partial charge in [-0.3, -0.25) is 4.79 Å². The van der Waals surface area contributed by atoms with Crippen molar-refractivity contribution in [2.45, 2.75) is 37.1 Å². The van der Waals surface area contributed by atoms with E-state index in [9.17, 15) is 9.00 Å². The first-order chi connectivity index (χ1) is 12.3. The summed E-state index contributed by atoms with van der Waals surface area (Å²) >= 11 is 1.50. The average Bonchev–Trinajstić information content (AvgIpc) is 3.06. The number of hydrogen-bond acceptors (Lipinski definition) is 4. The maximum Gasteiger partial charge on any atom is 0.219 e. The van der Waals surface area contributed by atoms with E-state index in [1.807, 2.05) is 54.8 Å². The van der Waals surface area contributed by atoms with Crippen LogP contribution in [-0.4, -0.2) is 39.5 Å². The lowest BCUT2D eigenvalue weighted by Crippen LogP contribution is -2.41. The van der Waals surface area contributed by atoms with E-state index in [2.05, 4.69) is 6.07 Å². The molecular weight excluding hydrogens is 368 g/mol. The zero-order chi connectivity index (χ0) is 18.9. The molecule has 7 heteroatoms. The van der Waals surface area contributed by atoms with E-state index in [0.717, 1.165) is 21.1 Å². The van der Waals surface area contributed by atoms with E-state index < -0.39 is 16.5 Å². The van der Waals surface area contributed by atoms with Gasteiger partial charge >= 0.3 is 0 Å². The second-order valence-corrected chi connectivity index (χ2v) is 9.51. The molecule has 1 unspecified atom stereocenters. The van der Waals surface area contributed by atoms with Gasteiger partial charge in [-0.05, 0) is 43.0 Å². The Balaban J connectivity index is 1.91. The first-order valence-electron chi connectivity index (χ1n) is 8.51. The van der Waals surface area contributed by atoms with Gasteiger partial charge in [-0.15, -0.1) is 11.3 Å². The van der Waals surface area contributed by atoms with Crippen LogP contribution >= 0.6 is 11.3 Å². The van der Waals surface area contributed by atoms with Crippen LogP contribution in [0.4, 0.5) is 0 Å². The van der Waals surface area contributed by atoms with Crippen molar-refractivity contribution in [2.24, 2.45) is 0 Å². The molecule has 5 nitrogen and oxygen atoms in total. The third-order valence-corrected chi connectivity index (χ3v) is 7.56. The highest BCUT2D eigenvalue weighted by Gasteiger charge is 2.29. The zero-order valence-electron chi connectivity index (χ0n) is 15.5. The van der Waals surface area contributed by atoms with Crippen LogP contribution in [0.25, 0.3) is 0 Å². The lowest BCUT2D eigenvalue weighted by molar-refractivity contribution is -0.132. The van der Waals surface area contributed by atoms with Crippen molar-refractivity contribution in [1.82, 2.24) is 9.21 Å². The molecule has 1 amide bonds. The molecule has 0 saturated carbocycles. The molecule has 0 fully saturated rings. The van der Waals surface area contributed by atoms with E-state index in [1.54, 1.807) is 11.8 Å². The van der Waals surface area contributed by atoms with Crippen LogP contribution < -0.4 is 4.74 Å². The highest BCUT2D eigenvalue weighted by Crippen LogP contribution is 2.33. The molecule has 140 valence electrons. The summed E-state index contributed by atoms with van der Waals surface area (Å²) in [5, 5.41) is 1.94. The van der Waals surface area contributed by atoms with Gasteiger partial charge in [0.15, 0.2) is 0 Å². The molecule has 0 radical (unpaired) electrons. The fourth-order valence-electron chi connectivity index (χ4n) is 2.97. The van der Waals surface area contributed by atoms with Crippen LogP contribution in [0.15, 0.2) is 39.9 Å². The van der Waals surface area contributed by atoms with Gasteiger partial charge in [-0.25, -0.2) is 8.51 Å². The van der Waals surface area contributed by atoms with Crippen molar-refractivity contribution < 1.29 is 13.7 Å². The van der Waals surface area contributed by atoms with Gasteiger partial charge in [0.05, 0.1) is 5.54 Å². The van der Waals surface area contributed by atoms with Crippen molar-refractivity contribution in [3.63, 3.8) is 0 Å². The monoisotopic (exact) mass is 392 g/mol. The average molecular weight is 393 g/mol. The third-order valence-electron chi connectivity index (χ3n) is 4.92. The van der Waals surface area contributed by atoms with Gasteiger partial charge in [0, 0.05) is 32.6 Å². The van der Waals surface area contributed by atoms with Gasteiger partial charge in [-0.2, -0.15) is 0 Å². The SMILES string of the molecule is CC(=O)N(C)C(C)(C)c1ccc2c(c1)CN(S(=O)c1cccs1)CCO2. The molecule has 1 aromatic heterocycles. The number of benzene rings is 1. The quantitative estimate of drug-likeness (QED) is 0.801. The van der Waals surface area contributed by atoms with E-state index in [0.29, 0.717) is 19.7 Å². The summed E-state index contributed by atoms with van der Waals surface area (Å²) in [4.78, 5) is 13.6. The molecule has 0 bridgehead atoms. The largest absolute Gasteiger partial charge is 0.492 e. The third kappa shape index (κ3) is 3.70. The molecule has 0 N–H and O–H groups in total. The molecule has 26 heavy (non-hydrogen) atoms. The summed E-state index contributed by atoms with van der Waals surface area (Å²) < 4.78 is 21.5. The van der Waals surface area contributed by atoms with E-state index in [4.69, 9.17) is 4.74 Å². The molecule has 2 aromatic rings. The first kappa shape index (κ1) is 19.1. The van der Waals surface area contributed by atoms with Crippen molar-refractivity contribution in [1.29, 1.82) is 0 Å². The van der Waals surface area contributed by atoms with Gasteiger partial charge in [0.2, 0.25) is 5.91 Å². The Bertz CT molecular complexity index is 818. The van der Waals surface area contributed by atoms with Gasteiger partial charge in [0.25, 0.3) is 0 Å². The minimum atomic E-state index is -1.19. The lowest BCUT2D eigenvalue weighted by atomic mass is 9.91. The highest BCUT2D eigenvalue weighted by molar-refractivity contribution is 7.85. The molecule has 0 saturated heterocycles. The number of rotatable bonds is 4. The number of fused-ring (bicyclic) bond motifs is 1. The van der Waals surface area contributed by atoms with Crippen LogP contribution in [0, 0.1) is 0 Å². The second kappa shape index (κ2) is 7.50. The van der Waals surface area contributed by atoms with Crippen molar-refractivity contribution >= 4 is 28.2 Å². The minimum Gasteiger partial charge on any atom is -0.492 e. The number of hydrogen-bond donors (Lipinski definition) is 0. The van der Waals surface area contributed by atoms with Crippen LogP contribution in [0.5, 0.6) is 5.75 Å². The summed E-state index contributed by atoms with van der Waals surface area (Å²) in [5.41, 5.74) is 1.58. The lowest BCUT2D eigenvalue weighted by Gasteiger charge is -2.36. The first-order valence-corrected chi connectivity index (χ1v) is 10.5. The Morgan fingerprint density at radius 2 is 2.12 bits per heavy atom. The Kier molecular flexibility index (Phi) is 5.50. The molecule has 1 aliphatic heterocycles. The summed E-state index contributed by atoms with van der Waals surface area (Å²) in [6, 6.07) is 9.84. The zero-order valence-corrected chi connectivity index (χ0v) is 17.2. The molecule has 0 aliphatic carbocycles. The molecular formula is C19H24N2O3S2. The number of nitrogens with zero attached hydrogens (tertiary/aromatic N) is 2. The summed E-state index contributed by atoms with van der Waals surface area (Å²) in [6.07, 6.45) is 0. The van der Waals surface area contributed by atoms with Crippen molar-refractivity contribution in [3.05, 3.63) is 46.8 Å². The van der Waals surface area contributed by atoms with Crippen LogP contribution in [0.3, 0.4) is 0 Å². The smallest absolute Gasteiger partial charge is 0.219 e. The number of thiophene rings is 1. The fourth-order valence-corrected chi connectivity index (χ4v) is 5.18. The predicted octanol–water partition coefficient (Wildman–Crippen LogP) is 3.38. The minimum absolute atomic E-state index is 0.0154. The normalized spacial score (nSPS) is 16.3. The van der Waals surface area contributed by atoms with Crippen molar-refractivity contribution in [2.75, 3.05) is 20.2 Å². The van der Waals surface area contributed by atoms with E-state index >= 15 is 0 Å². The molecule has 2 heterocycles. The predicted molar refractivity (Wildman–Crippen MR) is 105 cm³/mol. The summed E-state index contributed by atoms with van der Waals surface area (Å²) in [7, 11) is 0.615. The Hall–Kier alpha value is -1.70. The number of ether oxygens (including phenoxy) is 1. The van der Waals surface area contributed by atoms with E-state index in [-0.39, 0.29) is 5.91 Å². The maximum absolute atomic E-state index is 12.8. The Morgan fingerprint density at radius 1 is 1.35 bits per heavy atom. The van der Waals surface area contributed by atoms with Crippen LogP contribution in [0.2, 0.25) is 0 Å². The van der Waals surface area contributed by atoms with Gasteiger partial charge in [0.1, 0.15) is 27.6 Å². The van der Waals surface area contributed by atoms with Crippen LogP contribution in [0.1, 0.15) is 31.9 Å². The fraction of sp³-hybridized carbons (Fsp3) is 0.421. The Morgan fingerprint density at radius 3 is 2.77 bits per heavy atom. The second-order valence-electron chi connectivity index (χ2n) is 6.85. The summed E-state index contributed by atoms with van der Waals surface area (Å²) in [6.45, 7) is 7.27. The van der Waals surface area contributed by atoms with Crippen LogP contribution in [-0.2, 0) is 27.9 Å². The van der Waals surface area contributed by atoms with Gasteiger partial charge in [-0.1, -0.05) is 12.1 Å². The topological polar surface area (TPSA) is 49.9 Å². The molecule has 0 spiro atoms. The summed E-state index contributed by atoms with van der Waals surface area (Å²) in [5.74, 6) is 0.835. The maximum atomic E-state index is 12.8. The molecule has 3 rings (SSSR count). The van der Waals surface area contributed by atoms with Gasteiger partial charge < -0.3 is 9.64 Å². The highest BCUT2D eigenvalue weighted by atomic mass is 32.2. The molecule has 1 atom stereocenters. The standard InChI is InChI=1S/C19H24N2O3S2/c1-14(22)20(4)19(2,3)16-7-8-17-15(12-16)13-21(9-10-24-17)26(23)18-6-5-11-25-18/h5-8,11-12H,9-10,13H2,1-4H3.